The van der Waals surface area contributed by atoms with Gasteiger partial charge >= 0.3 is 0 Å². The normalized spacial score (nSPS) is 42.0. The molecule has 2 aromatic carbocycles. The summed E-state index contributed by atoms with van der Waals surface area (Å²) in [6, 6.07) is 7.98. The molecular formula is C48H62N2O8. The van der Waals surface area contributed by atoms with Gasteiger partial charge in [0.05, 0.1) is 16.6 Å². The van der Waals surface area contributed by atoms with Gasteiger partial charge in [0.15, 0.2) is 34.9 Å². The molecular weight excluding hydrogens is 733 g/mol. The van der Waals surface area contributed by atoms with Crippen molar-refractivity contribution >= 4 is 5.78 Å². The lowest BCUT2D eigenvalue weighted by atomic mass is 9.33. The van der Waals surface area contributed by atoms with Crippen molar-refractivity contribution in [2.45, 2.75) is 150 Å². The number of carbonyl (C=O) groups excluding carboxylic acids is 1. The van der Waals surface area contributed by atoms with Gasteiger partial charge in [-0.05, 0) is 112 Å². The van der Waals surface area contributed by atoms with E-state index >= 15 is 0 Å². The van der Waals surface area contributed by atoms with E-state index < -0.39 is 28.3 Å². The molecule has 4 aliphatic heterocycles. The Labute approximate surface area is 342 Å². The lowest BCUT2D eigenvalue weighted by molar-refractivity contribution is -0.312. The number of hydrogen-bond acceptors (Lipinski definition) is 10. The van der Waals surface area contributed by atoms with Crippen LogP contribution in [0.15, 0.2) is 36.9 Å². The van der Waals surface area contributed by atoms with Gasteiger partial charge in [0.2, 0.25) is 0 Å². The molecule has 2 saturated heterocycles. The topological polar surface area (TPSA) is 132 Å². The number of methoxy groups -OCH3 is 1. The zero-order valence-electron chi connectivity index (χ0n) is 35.0. The largest absolute Gasteiger partial charge is 0.504 e. The van der Waals surface area contributed by atoms with Crippen LogP contribution in [0.1, 0.15) is 108 Å². The van der Waals surface area contributed by atoms with Crippen LogP contribution < -0.4 is 9.47 Å². The number of ketones is 1. The number of aromatic hydroxyl groups is 2. The number of fused-ring (bicyclic) bond motifs is 2. The predicted octanol–water partition coefficient (Wildman–Crippen LogP) is 5.72. The first-order chi connectivity index (χ1) is 27.5. The van der Waals surface area contributed by atoms with Crippen molar-refractivity contribution in [3.63, 3.8) is 0 Å². The van der Waals surface area contributed by atoms with E-state index in [0.29, 0.717) is 43.2 Å². The van der Waals surface area contributed by atoms with Crippen LogP contribution >= 0.6 is 0 Å². The van der Waals surface area contributed by atoms with Gasteiger partial charge in [0.1, 0.15) is 11.7 Å². The predicted molar refractivity (Wildman–Crippen MR) is 217 cm³/mol. The smallest absolute Gasteiger partial charge is 0.174 e. The molecule has 5 saturated carbocycles. The molecule has 312 valence electrons. The van der Waals surface area contributed by atoms with E-state index in [9.17, 15) is 25.2 Å². The average molecular weight is 795 g/mol. The lowest BCUT2D eigenvalue weighted by Gasteiger charge is -2.75. The molecule has 11 atom stereocenters. The number of phenols is 2. The van der Waals surface area contributed by atoms with Crippen molar-refractivity contribution in [2.24, 2.45) is 22.7 Å². The number of Topliss-reactive ketones (excluding diaryl/α,β-unsaturated/α-hetero) is 1. The summed E-state index contributed by atoms with van der Waals surface area (Å²) in [6.07, 6.45) is 11.0. The Balaban J connectivity index is 0.000000141. The Morgan fingerprint density at radius 2 is 1.52 bits per heavy atom. The van der Waals surface area contributed by atoms with Crippen molar-refractivity contribution in [2.75, 3.05) is 33.3 Å². The monoisotopic (exact) mass is 794 g/mol. The molecule has 10 nitrogen and oxygen atoms in total. The van der Waals surface area contributed by atoms with E-state index in [2.05, 4.69) is 43.2 Å². The molecule has 2 aromatic rings. The van der Waals surface area contributed by atoms with Crippen LogP contribution in [0.5, 0.6) is 23.0 Å². The van der Waals surface area contributed by atoms with Crippen molar-refractivity contribution in [3.8, 4) is 23.0 Å². The standard InChI is InChI=1S/C29H41NO4.C19H21NO4/c1-25(2,3)26(4,32)20-15-27-10-11-29(20,33-5)24-28(27)12-13-30(16-17-6-7-17)21(27)14-18-8-9-19(31)23(34-24)22(18)28;1-2-8-20-9-7-18-15-11-3-4-12(21)16(15)24-17(18)13(22)5-6-19(18,23)14(20)10-11/h8-9,17,20-21,24,31-32H,6-7,10-16H2,1-5H3;2-4,14,17,21,23H,1,5-10H2/t20-,21-,24-,26+,27-,28+,29-;14-,17+,18+,19-/m11/s1. The van der Waals surface area contributed by atoms with Crippen LogP contribution in [-0.4, -0.2) is 110 Å². The average Bonchev–Trinajstić information content (AvgIpc) is 3.82. The molecule has 0 radical (unpaired) electrons. The molecule has 3 spiro atoms. The second kappa shape index (κ2) is 11.8. The summed E-state index contributed by atoms with van der Waals surface area (Å²) in [4.78, 5) is 17.7. The van der Waals surface area contributed by atoms with Crippen LogP contribution in [0.4, 0.5) is 0 Å². The van der Waals surface area contributed by atoms with Crippen molar-refractivity contribution in [1.29, 1.82) is 0 Å². The summed E-state index contributed by atoms with van der Waals surface area (Å²) in [5.41, 5.74) is 1.04. The van der Waals surface area contributed by atoms with E-state index in [4.69, 9.17) is 14.2 Å². The van der Waals surface area contributed by atoms with Gasteiger partial charge in [-0.1, -0.05) is 39.0 Å². The number of likely N-dealkylation sites (tertiary alicyclic amines) is 2. The number of phenolic OH excluding ortho intramolecular Hbond substituents is 2. The van der Waals surface area contributed by atoms with Gasteiger partial charge < -0.3 is 34.6 Å². The lowest BCUT2D eigenvalue weighted by Crippen LogP contribution is -2.83. The first-order valence-corrected chi connectivity index (χ1v) is 22.2. The van der Waals surface area contributed by atoms with Gasteiger partial charge in [-0.2, -0.15) is 0 Å². The Bertz CT molecular complexity index is 2130. The van der Waals surface area contributed by atoms with Gasteiger partial charge in [0, 0.05) is 73.1 Å². The van der Waals surface area contributed by atoms with E-state index in [1.54, 1.807) is 6.07 Å². The quantitative estimate of drug-likeness (QED) is 0.270. The molecule has 13 rings (SSSR count). The third-order valence-corrected chi connectivity index (χ3v) is 18.6. The van der Waals surface area contributed by atoms with Crippen LogP contribution in [-0.2, 0) is 33.2 Å². The summed E-state index contributed by atoms with van der Waals surface area (Å²) in [5.74, 6) is 2.33. The third-order valence-electron chi connectivity index (χ3n) is 18.6. The molecule has 6 bridgehead atoms. The minimum absolute atomic E-state index is 0.0294. The molecule has 0 amide bonds. The van der Waals surface area contributed by atoms with Crippen LogP contribution in [0, 0.1) is 22.7 Å². The zero-order chi connectivity index (χ0) is 40.6. The minimum atomic E-state index is -1.00. The Kier molecular flexibility index (Phi) is 7.70. The number of rotatable bonds is 6. The molecule has 0 unspecified atom stereocenters. The molecule has 0 aromatic heterocycles. The van der Waals surface area contributed by atoms with Gasteiger partial charge in [-0.3, -0.25) is 14.6 Å². The fourth-order valence-corrected chi connectivity index (χ4v) is 15.4. The Morgan fingerprint density at radius 3 is 2.17 bits per heavy atom. The summed E-state index contributed by atoms with van der Waals surface area (Å²) in [5, 5.41) is 45.3. The van der Waals surface area contributed by atoms with E-state index in [0.717, 1.165) is 68.8 Å². The Morgan fingerprint density at radius 1 is 0.879 bits per heavy atom. The van der Waals surface area contributed by atoms with Gasteiger partial charge in [-0.15, -0.1) is 6.58 Å². The van der Waals surface area contributed by atoms with Crippen molar-refractivity contribution in [1.82, 2.24) is 9.80 Å². The number of aliphatic hydroxyl groups is 2. The van der Waals surface area contributed by atoms with Crippen molar-refractivity contribution < 1.29 is 39.4 Å². The number of ether oxygens (including phenoxy) is 3. The first-order valence-electron chi connectivity index (χ1n) is 22.2. The maximum atomic E-state index is 12.6. The Hall–Kier alpha value is -3.15. The highest BCUT2D eigenvalue weighted by molar-refractivity contribution is 5.90. The van der Waals surface area contributed by atoms with E-state index in [1.807, 2.05) is 32.2 Å². The second-order valence-corrected chi connectivity index (χ2v) is 21.4. The van der Waals surface area contributed by atoms with Gasteiger partial charge in [-0.25, -0.2) is 0 Å². The number of piperidine rings is 2. The molecule has 7 fully saturated rings. The molecule has 4 heterocycles. The highest BCUT2D eigenvalue weighted by atomic mass is 16.6. The highest BCUT2D eigenvalue weighted by Gasteiger charge is 2.82. The third kappa shape index (κ3) is 4.25. The van der Waals surface area contributed by atoms with E-state index in [1.165, 1.54) is 30.5 Å². The summed E-state index contributed by atoms with van der Waals surface area (Å²) < 4.78 is 19.4. The molecule has 11 aliphatic rings. The van der Waals surface area contributed by atoms with Crippen LogP contribution in [0.2, 0.25) is 0 Å². The molecule has 7 aliphatic carbocycles. The second-order valence-electron chi connectivity index (χ2n) is 21.4. The molecule has 10 heteroatoms. The highest BCUT2D eigenvalue weighted by Crippen LogP contribution is 2.78. The molecule has 58 heavy (non-hydrogen) atoms. The fraction of sp³-hybridized carbons (Fsp3) is 0.688. The minimum Gasteiger partial charge on any atom is -0.504 e. The number of carbonyl (C=O) groups is 1. The SMILES string of the molecule is C=CCN1CC[C@]23c4c5ccc(O)c4O[C@H]2C(=O)CC[C@@]3(O)[C@H]1C5.CO[C@]12CC[C@@]3(C[C@@H]1[C@](C)(O)C(C)(C)C)[C@H]1Cc4ccc(O)c5c4[C@@]3(CCN1CC1CC1)[C@H]2O5. The number of benzene rings is 2. The fourth-order valence-electron chi connectivity index (χ4n) is 15.4. The van der Waals surface area contributed by atoms with Crippen molar-refractivity contribution in [3.05, 3.63) is 59.2 Å². The molecule has 4 N–H and O–H groups in total. The first kappa shape index (κ1) is 37.8. The summed E-state index contributed by atoms with van der Waals surface area (Å²) in [6.45, 7) is 16.2. The van der Waals surface area contributed by atoms with Gasteiger partial charge in [0.25, 0.3) is 0 Å². The van der Waals surface area contributed by atoms with Crippen LogP contribution in [0.3, 0.4) is 0 Å². The number of hydrogen-bond donors (Lipinski definition) is 4. The summed E-state index contributed by atoms with van der Waals surface area (Å²) >= 11 is 0. The number of nitrogens with zero attached hydrogens (tertiary/aromatic N) is 2. The zero-order valence-corrected chi connectivity index (χ0v) is 35.0. The summed E-state index contributed by atoms with van der Waals surface area (Å²) in [7, 11) is 1.83. The van der Waals surface area contributed by atoms with E-state index in [-0.39, 0.29) is 51.6 Å². The maximum Gasteiger partial charge on any atom is 0.174 e. The maximum absolute atomic E-state index is 12.6. The van der Waals surface area contributed by atoms with Crippen LogP contribution in [0.25, 0.3) is 0 Å².